The van der Waals surface area contributed by atoms with Crippen LogP contribution in [-0.4, -0.2) is 10.8 Å². The van der Waals surface area contributed by atoms with Gasteiger partial charge < -0.3 is 10.6 Å². The molecule has 0 spiro atoms. The molecule has 3 rings (SSSR count). The van der Waals surface area contributed by atoms with Crippen LogP contribution < -0.4 is 5.73 Å². The van der Waals surface area contributed by atoms with Gasteiger partial charge in [0.05, 0.1) is 0 Å². The number of anilines is 1. The highest BCUT2D eigenvalue weighted by molar-refractivity contribution is 9.10. The number of hydrogen-bond acceptors (Lipinski definition) is 2. The van der Waals surface area contributed by atoms with Gasteiger partial charge in [-0.05, 0) is 18.2 Å². The van der Waals surface area contributed by atoms with Crippen molar-refractivity contribution in [2.75, 3.05) is 5.73 Å². The summed E-state index contributed by atoms with van der Waals surface area (Å²) in [5.41, 5.74) is 7.96. The lowest BCUT2D eigenvalue weighted by Gasteiger charge is -2.16. The van der Waals surface area contributed by atoms with Gasteiger partial charge >= 0.3 is 0 Å². The summed E-state index contributed by atoms with van der Waals surface area (Å²) < 4.78 is 27.3. The highest BCUT2D eigenvalue weighted by atomic mass is 79.9. The van der Waals surface area contributed by atoms with Gasteiger partial charge in [-0.2, -0.15) is 0 Å². The number of nitrogens with two attached hydrogens (primary N) is 1. The number of carbonyl (C=O) groups excluding carboxylic acids is 1. The lowest BCUT2D eigenvalue weighted by atomic mass is 10.1. The molecule has 1 aliphatic heterocycles. The van der Waals surface area contributed by atoms with Gasteiger partial charge in [-0.15, -0.1) is 0 Å². The predicted octanol–water partition coefficient (Wildman–Crippen LogP) is 3.47. The van der Waals surface area contributed by atoms with E-state index in [9.17, 15) is 13.6 Å². The number of amides is 1. The van der Waals surface area contributed by atoms with Gasteiger partial charge in [-0.1, -0.05) is 22.0 Å². The van der Waals surface area contributed by atoms with Crippen molar-refractivity contribution in [1.29, 1.82) is 0 Å². The van der Waals surface area contributed by atoms with Gasteiger partial charge in [0.15, 0.2) is 0 Å². The van der Waals surface area contributed by atoms with E-state index in [1.807, 2.05) is 0 Å². The minimum atomic E-state index is -0.659. The van der Waals surface area contributed by atoms with Crippen LogP contribution in [0.2, 0.25) is 0 Å². The maximum atomic E-state index is 13.7. The first-order valence-electron chi connectivity index (χ1n) is 6.27. The molecular formula is C15H11BrF2N2O. The summed E-state index contributed by atoms with van der Waals surface area (Å²) in [6, 6.07) is 6.77. The molecule has 0 saturated heterocycles. The number of benzene rings is 2. The number of hydrogen-bond donors (Lipinski definition) is 1. The molecule has 2 N–H and O–H groups in total. The predicted molar refractivity (Wildman–Crippen MR) is 78.5 cm³/mol. The fourth-order valence-corrected chi connectivity index (χ4v) is 2.92. The Bertz CT molecular complexity index is 749. The van der Waals surface area contributed by atoms with E-state index >= 15 is 0 Å². The van der Waals surface area contributed by atoms with Crippen LogP contribution >= 0.6 is 15.9 Å². The first kappa shape index (κ1) is 14.0. The van der Waals surface area contributed by atoms with E-state index in [0.29, 0.717) is 17.8 Å². The van der Waals surface area contributed by atoms with E-state index in [0.717, 1.165) is 16.1 Å². The topological polar surface area (TPSA) is 46.3 Å². The second-order valence-electron chi connectivity index (χ2n) is 4.92. The van der Waals surface area contributed by atoms with Gasteiger partial charge in [0.25, 0.3) is 5.91 Å². The van der Waals surface area contributed by atoms with Crippen LogP contribution in [0, 0.1) is 11.6 Å². The molecule has 1 heterocycles. The van der Waals surface area contributed by atoms with Gasteiger partial charge in [0.1, 0.15) is 11.6 Å². The summed E-state index contributed by atoms with van der Waals surface area (Å²) in [5, 5.41) is 0. The Hall–Kier alpha value is -1.95. The Balaban J connectivity index is 1.90. The summed E-state index contributed by atoms with van der Waals surface area (Å²) >= 11 is 3.30. The van der Waals surface area contributed by atoms with Gasteiger partial charge in [0.2, 0.25) is 0 Å². The second-order valence-corrected chi connectivity index (χ2v) is 5.83. The molecule has 108 valence electrons. The SMILES string of the molecule is Nc1cc(Br)cc2c1CN(Cc1ccc(F)cc1F)C2=O. The Morgan fingerprint density at radius 3 is 2.71 bits per heavy atom. The van der Waals surface area contributed by atoms with Crippen molar-refractivity contribution in [1.82, 2.24) is 4.90 Å². The molecule has 2 aromatic carbocycles. The van der Waals surface area contributed by atoms with Crippen LogP contribution in [0.1, 0.15) is 21.5 Å². The third kappa shape index (κ3) is 2.51. The molecule has 21 heavy (non-hydrogen) atoms. The lowest BCUT2D eigenvalue weighted by Crippen LogP contribution is -2.23. The molecule has 1 aliphatic rings. The van der Waals surface area contributed by atoms with Crippen LogP contribution in [-0.2, 0) is 13.1 Å². The van der Waals surface area contributed by atoms with Crippen molar-refractivity contribution in [2.45, 2.75) is 13.1 Å². The van der Waals surface area contributed by atoms with Gasteiger partial charge in [-0.25, -0.2) is 8.78 Å². The van der Waals surface area contributed by atoms with E-state index < -0.39 is 11.6 Å². The molecular weight excluding hydrogens is 342 g/mol. The van der Waals surface area contributed by atoms with E-state index in [-0.39, 0.29) is 18.0 Å². The molecule has 6 heteroatoms. The average molecular weight is 353 g/mol. The summed E-state index contributed by atoms with van der Waals surface area (Å²) in [6.07, 6.45) is 0. The molecule has 0 fully saturated rings. The smallest absolute Gasteiger partial charge is 0.254 e. The standard InChI is InChI=1S/C15H11BrF2N2O/c16-9-3-11-12(14(19)4-9)7-20(15(11)21)6-8-1-2-10(17)5-13(8)18/h1-5H,6-7,19H2. The first-order valence-corrected chi connectivity index (χ1v) is 7.06. The van der Waals surface area contributed by atoms with Crippen molar-refractivity contribution in [3.8, 4) is 0 Å². The molecule has 2 aromatic rings. The van der Waals surface area contributed by atoms with E-state index in [4.69, 9.17) is 5.73 Å². The molecule has 0 unspecified atom stereocenters. The Morgan fingerprint density at radius 2 is 2.00 bits per heavy atom. The first-order chi connectivity index (χ1) is 9.95. The van der Waals surface area contributed by atoms with Crippen molar-refractivity contribution in [2.24, 2.45) is 0 Å². The van der Waals surface area contributed by atoms with Crippen LogP contribution in [0.15, 0.2) is 34.8 Å². The highest BCUT2D eigenvalue weighted by Gasteiger charge is 2.29. The number of fused-ring (bicyclic) bond motifs is 1. The van der Waals surface area contributed by atoms with Crippen molar-refractivity contribution >= 4 is 27.5 Å². The zero-order chi connectivity index (χ0) is 15.1. The number of nitrogens with zero attached hydrogens (tertiary/aromatic N) is 1. The zero-order valence-electron chi connectivity index (χ0n) is 10.9. The zero-order valence-corrected chi connectivity index (χ0v) is 12.5. The molecule has 0 saturated carbocycles. The molecule has 0 aromatic heterocycles. The molecule has 0 atom stereocenters. The monoisotopic (exact) mass is 352 g/mol. The van der Waals surface area contributed by atoms with Crippen molar-refractivity contribution in [3.63, 3.8) is 0 Å². The fraction of sp³-hybridized carbons (Fsp3) is 0.133. The quantitative estimate of drug-likeness (QED) is 0.841. The Labute approximate surface area is 128 Å². The third-order valence-corrected chi connectivity index (χ3v) is 3.95. The second kappa shape index (κ2) is 5.11. The Kier molecular flexibility index (Phi) is 3.41. The molecule has 0 bridgehead atoms. The van der Waals surface area contributed by atoms with Gasteiger partial charge in [0, 0.05) is 46.0 Å². The van der Waals surface area contributed by atoms with Crippen LogP contribution in [0.3, 0.4) is 0 Å². The minimum Gasteiger partial charge on any atom is -0.398 e. The number of nitrogen functional groups attached to an aromatic ring is 1. The number of rotatable bonds is 2. The number of carbonyl (C=O) groups is 1. The van der Waals surface area contributed by atoms with Crippen LogP contribution in [0.25, 0.3) is 0 Å². The summed E-state index contributed by atoms with van der Waals surface area (Å²) in [6.45, 7) is 0.404. The Morgan fingerprint density at radius 1 is 1.24 bits per heavy atom. The van der Waals surface area contributed by atoms with Crippen molar-refractivity contribution < 1.29 is 13.6 Å². The summed E-state index contributed by atoms with van der Waals surface area (Å²) in [4.78, 5) is 13.8. The van der Waals surface area contributed by atoms with Crippen molar-refractivity contribution in [3.05, 3.63) is 63.1 Å². The van der Waals surface area contributed by atoms with E-state index in [1.165, 1.54) is 17.0 Å². The average Bonchev–Trinajstić information content (AvgIpc) is 2.71. The lowest BCUT2D eigenvalue weighted by molar-refractivity contribution is 0.0765. The third-order valence-electron chi connectivity index (χ3n) is 3.49. The maximum Gasteiger partial charge on any atom is 0.254 e. The largest absolute Gasteiger partial charge is 0.398 e. The number of halogens is 3. The molecule has 3 nitrogen and oxygen atoms in total. The molecule has 1 amide bonds. The maximum absolute atomic E-state index is 13.7. The normalized spacial score (nSPS) is 13.7. The van der Waals surface area contributed by atoms with E-state index in [1.54, 1.807) is 12.1 Å². The molecule has 0 aliphatic carbocycles. The van der Waals surface area contributed by atoms with Gasteiger partial charge in [-0.3, -0.25) is 4.79 Å². The highest BCUT2D eigenvalue weighted by Crippen LogP contribution is 2.32. The summed E-state index contributed by atoms with van der Waals surface area (Å²) in [5.74, 6) is -1.50. The van der Waals surface area contributed by atoms with Crippen LogP contribution in [0.5, 0.6) is 0 Å². The summed E-state index contributed by atoms with van der Waals surface area (Å²) in [7, 11) is 0. The van der Waals surface area contributed by atoms with E-state index in [2.05, 4.69) is 15.9 Å². The fourth-order valence-electron chi connectivity index (χ4n) is 2.44. The van der Waals surface area contributed by atoms with Crippen LogP contribution in [0.4, 0.5) is 14.5 Å². The minimum absolute atomic E-state index is 0.0800. The molecule has 0 radical (unpaired) electrons.